The summed E-state index contributed by atoms with van der Waals surface area (Å²) in [5, 5.41) is 8.40. The number of nitrogens with one attached hydrogen (secondary N) is 1. The fourth-order valence-corrected chi connectivity index (χ4v) is 1.54. The van der Waals surface area contributed by atoms with E-state index in [9.17, 15) is 0 Å². The molecule has 0 radical (unpaired) electrons. The largest absolute Gasteiger partial charge is 0.254 e. The summed E-state index contributed by atoms with van der Waals surface area (Å²) in [5.74, 6) is 1.30. The molecular weight excluding hydrogens is 174 g/mol. The highest BCUT2D eigenvalue weighted by molar-refractivity contribution is 4.76. The maximum Gasteiger partial charge on any atom is 0.254 e. The number of aromatic amines is 1. The predicted molar refractivity (Wildman–Crippen MR) is 54.4 cm³/mol. The van der Waals surface area contributed by atoms with E-state index in [0.717, 1.165) is 25.8 Å². The summed E-state index contributed by atoms with van der Waals surface area (Å²) in [6, 6.07) is 2.17. The van der Waals surface area contributed by atoms with E-state index in [2.05, 4.69) is 28.7 Å². The molecular formula is C11H18N3+. The lowest BCUT2D eigenvalue weighted by atomic mass is 10.2. The molecule has 1 N–H and O–H groups in total. The number of imidazole rings is 1. The van der Waals surface area contributed by atoms with Gasteiger partial charge in [-0.05, 0) is 19.3 Å². The number of hydrogen-bond acceptors (Lipinski definition) is 1. The van der Waals surface area contributed by atoms with Crippen LogP contribution < -0.4 is 4.57 Å². The minimum Gasteiger partial charge on any atom is -0.248 e. The highest BCUT2D eigenvalue weighted by Gasteiger charge is 2.07. The second-order valence-electron chi connectivity index (χ2n) is 3.47. The standard InChI is InChI=1S/C11H17N3/c1-2-6-11-13-8-10-14(11)9-5-3-4-7-12/h8,10H,2-6,9H2,1H3/p+1. The monoisotopic (exact) mass is 192 g/mol. The minimum absolute atomic E-state index is 0.675. The van der Waals surface area contributed by atoms with E-state index in [0.29, 0.717) is 6.42 Å². The topological polar surface area (TPSA) is 43.5 Å². The molecule has 0 amide bonds. The smallest absolute Gasteiger partial charge is 0.248 e. The van der Waals surface area contributed by atoms with Gasteiger partial charge in [-0.2, -0.15) is 5.26 Å². The quantitative estimate of drug-likeness (QED) is 0.543. The zero-order chi connectivity index (χ0) is 10.2. The molecule has 76 valence electrons. The maximum absolute atomic E-state index is 8.40. The van der Waals surface area contributed by atoms with Crippen LogP contribution >= 0.6 is 0 Å². The van der Waals surface area contributed by atoms with Gasteiger partial charge < -0.3 is 0 Å². The van der Waals surface area contributed by atoms with Crippen molar-refractivity contribution in [2.45, 2.75) is 45.6 Å². The lowest BCUT2D eigenvalue weighted by molar-refractivity contribution is -0.703. The van der Waals surface area contributed by atoms with Gasteiger partial charge in [-0.25, -0.2) is 9.55 Å². The van der Waals surface area contributed by atoms with Crippen LogP contribution in [0.5, 0.6) is 0 Å². The summed E-state index contributed by atoms with van der Waals surface area (Å²) in [6.45, 7) is 3.21. The summed E-state index contributed by atoms with van der Waals surface area (Å²) >= 11 is 0. The van der Waals surface area contributed by atoms with Crippen LogP contribution in [0.1, 0.15) is 38.4 Å². The lowest BCUT2D eigenvalue weighted by Crippen LogP contribution is -2.35. The first-order chi connectivity index (χ1) is 6.88. The number of unbranched alkanes of at least 4 members (excludes halogenated alkanes) is 2. The summed E-state index contributed by atoms with van der Waals surface area (Å²) in [4.78, 5) is 3.25. The normalized spacial score (nSPS) is 10.0. The van der Waals surface area contributed by atoms with Crippen molar-refractivity contribution in [1.82, 2.24) is 4.98 Å². The average molecular weight is 192 g/mol. The molecule has 3 nitrogen and oxygen atoms in total. The van der Waals surface area contributed by atoms with Crippen molar-refractivity contribution >= 4 is 0 Å². The van der Waals surface area contributed by atoms with E-state index in [1.54, 1.807) is 0 Å². The molecule has 3 heteroatoms. The number of aromatic nitrogens is 2. The van der Waals surface area contributed by atoms with Gasteiger partial charge in [-0.15, -0.1) is 0 Å². The summed E-state index contributed by atoms with van der Waals surface area (Å²) in [7, 11) is 0. The molecule has 0 spiro atoms. The Morgan fingerprint density at radius 1 is 1.50 bits per heavy atom. The highest BCUT2D eigenvalue weighted by Crippen LogP contribution is 1.97. The van der Waals surface area contributed by atoms with Crippen LogP contribution in [0.2, 0.25) is 0 Å². The van der Waals surface area contributed by atoms with Crippen molar-refractivity contribution in [2.24, 2.45) is 0 Å². The number of nitriles is 1. The summed E-state index contributed by atoms with van der Waals surface area (Å²) < 4.78 is 2.25. The van der Waals surface area contributed by atoms with E-state index < -0.39 is 0 Å². The predicted octanol–water partition coefficient (Wildman–Crippen LogP) is 1.95. The number of rotatable bonds is 6. The van der Waals surface area contributed by atoms with Crippen molar-refractivity contribution in [2.75, 3.05) is 0 Å². The van der Waals surface area contributed by atoms with E-state index in [-0.39, 0.29) is 0 Å². The molecule has 0 bridgehead atoms. The summed E-state index contributed by atoms with van der Waals surface area (Å²) in [5.41, 5.74) is 0. The molecule has 0 aliphatic carbocycles. The van der Waals surface area contributed by atoms with Crippen LogP contribution in [-0.4, -0.2) is 4.98 Å². The fourth-order valence-electron chi connectivity index (χ4n) is 1.54. The van der Waals surface area contributed by atoms with Crippen molar-refractivity contribution in [3.8, 4) is 6.07 Å². The van der Waals surface area contributed by atoms with Gasteiger partial charge >= 0.3 is 0 Å². The zero-order valence-corrected chi connectivity index (χ0v) is 8.79. The maximum atomic E-state index is 8.40. The second-order valence-corrected chi connectivity index (χ2v) is 3.47. The first kappa shape index (κ1) is 10.8. The first-order valence-electron chi connectivity index (χ1n) is 5.31. The third-order valence-corrected chi connectivity index (χ3v) is 2.28. The fraction of sp³-hybridized carbons (Fsp3) is 0.636. The van der Waals surface area contributed by atoms with Crippen LogP contribution in [0.3, 0.4) is 0 Å². The SMILES string of the molecule is CCCc1[nH]cc[n+]1CCCCC#N. The third-order valence-electron chi connectivity index (χ3n) is 2.28. The van der Waals surface area contributed by atoms with Crippen molar-refractivity contribution < 1.29 is 4.57 Å². The molecule has 0 atom stereocenters. The molecule has 1 heterocycles. The van der Waals surface area contributed by atoms with Crippen molar-refractivity contribution in [3.63, 3.8) is 0 Å². The van der Waals surface area contributed by atoms with Crippen LogP contribution in [0.15, 0.2) is 12.4 Å². The van der Waals surface area contributed by atoms with Crippen LogP contribution in [-0.2, 0) is 13.0 Å². The summed E-state index contributed by atoms with van der Waals surface area (Å²) in [6.07, 6.45) is 9.09. The first-order valence-corrected chi connectivity index (χ1v) is 5.31. The molecule has 1 aromatic heterocycles. The molecule has 14 heavy (non-hydrogen) atoms. The molecule has 1 rings (SSSR count). The van der Waals surface area contributed by atoms with E-state index in [4.69, 9.17) is 5.26 Å². The van der Waals surface area contributed by atoms with Gasteiger partial charge in [0.2, 0.25) is 0 Å². The average Bonchev–Trinajstić information content (AvgIpc) is 2.61. The van der Waals surface area contributed by atoms with Crippen molar-refractivity contribution in [3.05, 3.63) is 18.2 Å². The Kier molecular flexibility index (Phi) is 4.77. The van der Waals surface area contributed by atoms with Gasteiger partial charge in [0.15, 0.2) is 0 Å². The molecule has 0 aliphatic rings. The van der Waals surface area contributed by atoms with Crippen LogP contribution in [0.4, 0.5) is 0 Å². The number of H-pyrrole nitrogens is 1. The molecule has 0 aromatic carbocycles. The van der Waals surface area contributed by atoms with Gasteiger partial charge in [0.25, 0.3) is 5.82 Å². The van der Waals surface area contributed by atoms with E-state index in [1.807, 2.05) is 6.20 Å². The zero-order valence-electron chi connectivity index (χ0n) is 8.79. The Morgan fingerprint density at radius 2 is 2.36 bits per heavy atom. The highest BCUT2D eigenvalue weighted by atomic mass is 15.1. The Balaban J connectivity index is 2.34. The van der Waals surface area contributed by atoms with Crippen LogP contribution in [0.25, 0.3) is 0 Å². The van der Waals surface area contributed by atoms with Gasteiger partial charge in [0.05, 0.1) is 12.6 Å². The minimum atomic E-state index is 0.675. The molecule has 0 aliphatic heterocycles. The molecule has 0 saturated carbocycles. The Bertz CT molecular complexity index is 296. The second kappa shape index (κ2) is 6.20. The van der Waals surface area contributed by atoms with Gasteiger partial charge in [0.1, 0.15) is 12.4 Å². The molecule has 1 aromatic rings. The van der Waals surface area contributed by atoms with Crippen LogP contribution in [0, 0.1) is 11.3 Å². The number of nitrogens with zero attached hydrogens (tertiary/aromatic N) is 2. The van der Waals surface area contributed by atoms with E-state index in [1.165, 1.54) is 12.2 Å². The molecule has 0 fully saturated rings. The van der Waals surface area contributed by atoms with Gasteiger partial charge in [0, 0.05) is 12.8 Å². The Labute approximate surface area is 85.4 Å². The molecule has 0 saturated heterocycles. The number of hydrogen-bond donors (Lipinski definition) is 1. The lowest BCUT2D eigenvalue weighted by Gasteiger charge is -1.98. The molecule has 0 unspecified atom stereocenters. The van der Waals surface area contributed by atoms with Gasteiger partial charge in [-0.1, -0.05) is 6.92 Å². The van der Waals surface area contributed by atoms with Gasteiger partial charge in [-0.3, -0.25) is 0 Å². The van der Waals surface area contributed by atoms with E-state index >= 15 is 0 Å². The Morgan fingerprint density at radius 3 is 3.07 bits per heavy atom. The Hall–Kier alpha value is -1.30. The third kappa shape index (κ3) is 3.21. The number of aryl methyl sites for hydroxylation is 2. The van der Waals surface area contributed by atoms with Crippen molar-refractivity contribution in [1.29, 1.82) is 5.26 Å².